The predicted octanol–water partition coefficient (Wildman–Crippen LogP) is 3.10. The smallest absolute Gasteiger partial charge is 0.128 e. The number of benzene rings is 1. The van der Waals surface area contributed by atoms with Crippen LogP contribution in [0.25, 0.3) is 0 Å². The van der Waals surface area contributed by atoms with Gasteiger partial charge in [0.25, 0.3) is 0 Å². The van der Waals surface area contributed by atoms with E-state index in [4.69, 9.17) is 9.47 Å². The van der Waals surface area contributed by atoms with Crippen LogP contribution >= 0.6 is 0 Å². The number of ether oxygens (including phenoxy) is 2. The zero-order valence-corrected chi connectivity index (χ0v) is 13.3. The summed E-state index contributed by atoms with van der Waals surface area (Å²) in [4.78, 5) is 2.50. The minimum atomic E-state index is -0.226. The molecule has 0 aliphatic carbocycles. The van der Waals surface area contributed by atoms with E-state index in [1.54, 1.807) is 12.1 Å². The van der Waals surface area contributed by atoms with Gasteiger partial charge in [0, 0.05) is 37.2 Å². The molecule has 0 radical (unpaired) electrons. The number of aromatic hydroxyl groups is 1. The number of hydrogen-bond acceptors (Lipinski definition) is 4. The number of phenolic OH excluding ortho intramolecular Hbond substituents is 1. The van der Waals surface area contributed by atoms with Gasteiger partial charge in [-0.3, -0.25) is 4.90 Å². The van der Waals surface area contributed by atoms with Crippen molar-refractivity contribution in [3.05, 3.63) is 23.8 Å². The first-order chi connectivity index (χ1) is 9.84. The zero-order chi connectivity index (χ0) is 15.2. The van der Waals surface area contributed by atoms with E-state index in [0.29, 0.717) is 6.04 Å². The molecule has 4 heteroatoms. The summed E-state index contributed by atoms with van der Waals surface area (Å²) in [6.45, 7) is 10.4. The molecule has 1 N–H and O–H groups in total. The lowest BCUT2D eigenvalue weighted by Crippen LogP contribution is -2.50. The highest BCUT2D eigenvalue weighted by atomic mass is 16.5. The van der Waals surface area contributed by atoms with Crippen molar-refractivity contribution >= 4 is 0 Å². The number of rotatable bonds is 1. The fourth-order valence-electron chi connectivity index (χ4n) is 3.60. The second-order valence-corrected chi connectivity index (χ2v) is 7.02. The van der Waals surface area contributed by atoms with Crippen molar-refractivity contribution in [2.75, 3.05) is 13.1 Å². The summed E-state index contributed by atoms with van der Waals surface area (Å²) in [5.41, 5.74) is 0.949. The van der Waals surface area contributed by atoms with Gasteiger partial charge in [0.2, 0.25) is 0 Å². The molecule has 0 amide bonds. The van der Waals surface area contributed by atoms with E-state index in [-0.39, 0.29) is 23.6 Å². The molecule has 0 bridgehead atoms. The summed E-state index contributed by atoms with van der Waals surface area (Å²) in [6, 6.07) is 5.80. The molecule has 4 nitrogen and oxygen atoms in total. The van der Waals surface area contributed by atoms with Gasteiger partial charge in [-0.15, -0.1) is 0 Å². The lowest BCUT2D eigenvalue weighted by Gasteiger charge is -2.46. The summed E-state index contributed by atoms with van der Waals surface area (Å²) < 4.78 is 11.9. The van der Waals surface area contributed by atoms with Gasteiger partial charge in [0.15, 0.2) is 0 Å². The highest BCUT2D eigenvalue weighted by molar-refractivity contribution is 5.44. The van der Waals surface area contributed by atoms with Crippen molar-refractivity contribution in [1.29, 1.82) is 0 Å². The van der Waals surface area contributed by atoms with Crippen molar-refractivity contribution in [2.45, 2.75) is 58.0 Å². The summed E-state index contributed by atoms with van der Waals surface area (Å²) in [5.74, 6) is 1.07. The Kier molecular flexibility index (Phi) is 3.62. The van der Waals surface area contributed by atoms with Crippen LogP contribution in [-0.4, -0.2) is 40.9 Å². The third-order valence-electron chi connectivity index (χ3n) is 4.32. The van der Waals surface area contributed by atoms with Crippen LogP contribution < -0.4 is 4.74 Å². The van der Waals surface area contributed by atoms with Gasteiger partial charge in [-0.1, -0.05) is 6.07 Å². The molecule has 1 aromatic rings. The van der Waals surface area contributed by atoms with Crippen LogP contribution in [0.1, 0.15) is 45.7 Å². The van der Waals surface area contributed by atoms with E-state index in [0.717, 1.165) is 25.3 Å². The minimum Gasteiger partial charge on any atom is -0.508 e. The van der Waals surface area contributed by atoms with Gasteiger partial charge in [-0.2, -0.15) is 0 Å². The van der Waals surface area contributed by atoms with Crippen LogP contribution in [0, 0.1) is 0 Å². The van der Waals surface area contributed by atoms with E-state index in [1.165, 1.54) is 5.56 Å². The molecule has 1 aromatic carbocycles. The molecule has 1 saturated heterocycles. The average molecular weight is 291 g/mol. The normalized spacial score (nSPS) is 32.3. The molecule has 2 aliphatic heterocycles. The van der Waals surface area contributed by atoms with E-state index in [9.17, 15) is 5.11 Å². The number of nitrogens with zero attached hydrogens (tertiary/aromatic N) is 1. The summed E-state index contributed by atoms with van der Waals surface area (Å²) in [7, 11) is 0. The molecular weight excluding hydrogens is 266 g/mol. The second kappa shape index (κ2) is 5.18. The van der Waals surface area contributed by atoms with Crippen LogP contribution in [-0.2, 0) is 4.74 Å². The Balaban J connectivity index is 1.94. The van der Waals surface area contributed by atoms with Crippen molar-refractivity contribution in [3.8, 4) is 11.5 Å². The standard InChI is InChI=1S/C17H25NO3/c1-11-9-18(10-12(2)20-11)15-8-17(3,4)21-16-7-13(19)5-6-14(15)16/h5-7,11-12,15,19H,8-10H2,1-4H3. The molecular formula is C17H25NO3. The molecule has 3 atom stereocenters. The van der Waals surface area contributed by atoms with Crippen LogP contribution in [0.2, 0.25) is 0 Å². The Labute approximate surface area is 126 Å². The largest absolute Gasteiger partial charge is 0.508 e. The second-order valence-electron chi connectivity index (χ2n) is 7.02. The summed E-state index contributed by atoms with van der Waals surface area (Å²) >= 11 is 0. The van der Waals surface area contributed by atoms with E-state index < -0.39 is 0 Å². The highest BCUT2D eigenvalue weighted by Gasteiger charge is 2.39. The maximum Gasteiger partial charge on any atom is 0.128 e. The molecule has 1 fully saturated rings. The van der Waals surface area contributed by atoms with Crippen LogP contribution in [0.15, 0.2) is 18.2 Å². The minimum absolute atomic E-state index is 0.226. The monoisotopic (exact) mass is 291 g/mol. The first kappa shape index (κ1) is 14.7. The Hall–Kier alpha value is -1.26. The average Bonchev–Trinajstić information content (AvgIpc) is 2.34. The van der Waals surface area contributed by atoms with Crippen LogP contribution in [0.3, 0.4) is 0 Å². The molecule has 3 rings (SSSR count). The SMILES string of the molecule is CC1CN(C2CC(C)(C)Oc3cc(O)ccc32)CC(C)O1. The predicted molar refractivity (Wildman–Crippen MR) is 81.8 cm³/mol. The van der Waals surface area contributed by atoms with E-state index >= 15 is 0 Å². The van der Waals surface area contributed by atoms with Crippen molar-refractivity contribution < 1.29 is 14.6 Å². The van der Waals surface area contributed by atoms with Crippen molar-refractivity contribution in [1.82, 2.24) is 4.90 Å². The van der Waals surface area contributed by atoms with Gasteiger partial charge >= 0.3 is 0 Å². The summed E-state index contributed by atoms with van der Waals surface area (Å²) in [6.07, 6.45) is 1.45. The third kappa shape index (κ3) is 3.01. The fraction of sp³-hybridized carbons (Fsp3) is 0.647. The Morgan fingerprint density at radius 3 is 2.52 bits per heavy atom. The maximum atomic E-state index is 9.73. The van der Waals surface area contributed by atoms with Gasteiger partial charge in [-0.25, -0.2) is 0 Å². The lowest BCUT2D eigenvalue weighted by atomic mass is 9.88. The van der Waals surface area contributed by atoms with E-state index in [1.807, 2.05) is 6.07 Å². The third-order valence-corrected chi connectivity index (χ3v) is 4.32. The number of morpholine rings is 1. The molecule has 0 aromatic heterocycles. The molecule has 21 heavy (non-hydrogen) atoms. The van der Waals surface area contributed by atoms with Crippen LogP contribution in [0.5, 0.6) is 11.5 Å². The lowest BCUT2D eigenvalue weighted by molar-refractivity contribution is -0.0927. The van der Waals surface area contributed by atoms with Gasteiger partial charge in [0.05, 0.1) is 12.2 Å². The molecule has 2 aliphatic rings. The van der Waals surface area contributed by atoms with Gasteiger partial charge in [-0.05, 0) is 33.8 Å². The number of hydrogen-bond donors (Lipinski definition) is 1. The quantitative estimate of drug-likeness (QED) is 0.863. The molecule has 0 spiro atoms. The Morgan fingerprint density at radius 1 is 1.19 bits per heavy atom. The molecule has 2 heterocycles. The van der Waals surface area contributed by atoms with Gasteiger partial charge in [0.1, 0.15) is 17.1 Å². The van der Waals surface area contributed by atoms with Crippen LogP contribution in [0.4, 0.5) is 0 Å². The van der Waals surface area contributed by atoms with Gasteiger partial charge < -0.3 is 14.6 Å². The first-order valence-corrected chi connectivity index (χ1v) is 7.75. The molecule has 0 saturated carbocycles. The Morgan fingerprint density at radius 2 is 1.86 bits per heavy atom. The highest BCUT2D eigenvalue weighted by Crippen LogP contribution is 2.44. The van der Waals surface area contributed by atoms with Crippen molar-refractivity contribution in [2.24, 2.45) is 0 Å². The number of fused-ring (bicyclic) bond motifs is 1. The zero-order valence-electron chi connectivity index (χ0n) is 13.3. The molecule has 116 valence electrons. The molecule has 3 unspecified atom stereocenters. The fourth-order valence-corrected chi connectivity index (χ4v) is 3.60. The number of phenols is 1. The summed E-state index contributed by atoms with van der Waals surface area (Å²) in [5, 5.41) is 9.73. The van der Waals surface area contributed by atoms with E-state index in [2.05, 4.69) is 32.6 Å². The maximum absolute atomic E-state index is 9.73. The topological polar surface area (TPSA) is 41.9 Å². The van der Waals surface area contributed by atoms with Crippen molar-refractivity contribution in [3.63, 3.8) is 0 Å². The Bertz CT molecular complexity index is 519. The first-order valence-electron chi connectivity index (χ1n) is 7.75.